The fourth-order valence-electron chi connectivity index (χ4n) is 3.73. The van der Waals surface area contributed by atoms with Crippen molar-refractivity contribution in [2.75, 3.05) is 6.61 Å². The predicted molar refractivity (Wildman–Crippen MR) is 103 cm³/mol. The number of fused-ring (bicyclic) bond motifs is 1. The first-order valence-corrected chi connectivity index (χ1v) is 9.96. The van der Waals surface area contributed by atoms with Gasteiger partial charge in [-0.05, 0) is 26.7 Å². The van der Waals surface area contributed by atoms with Crippen molar-refractivity contribution in [3.8, 4) is 0 Å². The molecule has 1 aliphatic rings. The third kappa shape index (κ3) is 4.43. The molecule has 8 nitrogen and oxygen atoms in total. The van der Waals surface area contributed by atoms with Crippen LogP contribution in [0.25, 0.3) is 11.1 Å². The van der Waals surface area contributed by atoms with Gasteiger partial charge >= 0.3 is 5.97 Å². The quantitative estimate of drug-likeness (QED) is 0.789. The van der Waals surface area contributed by atoms with E-state index in [9.17, 15) is 14.4 Å². The molecule has 1 amide bonds. The van der Waals surface area contributed by atoms with Gasteiger partial charge in [-0.15, -0.1) is 0 Å². The summed E-state index contributed by atoms with van der Waals surface area (Å²) in [6, 6.07) is 0.145. The molecule has 0 radical (unpaired) electrons. The molecular weight excluding hydrogens is 362 g/mol. The second kappa shape index (κ2) is 9.03. The van der Waals surface area contributed by atoms with Gasteiger partial charge in [-0.25, -0.2) is 9.78 Å². The average molecular weight is 389 g/mol. The summed E-state index contributed by atoms with van der Waals surface area (Å²) < 4.78 is 11.7. The fraction of sp³-hybridized carbons (Fsp3) is 0.600. The molecule has 8 heteroatoms. The zero-order chi connectivity index (χ0) is 20.1. The molecule has 2 heterocycles. The van der Waals surface area contributed by atoms with Crippen molar-refractivity contribution in [2.45, 2.75) is 71.4 Å². The van der Waals surface area contributed by atoms with Gasteiger partial charge in [0, 0.05) is 6.04 Å². The lowest BCUT2D eigenvalue weighted by molar-refractivity contribution is -0.122. The Labute approximate surface area is 163 Å². The molecule has 0 aliphatic heterocycles. The molecule has 1 saturated carbocycles. The molecule has 0 bridgehead atoms. The topological polar surface area (TPSA) is 103 Å². The largest absolute Gasteiger partial charge is 0.462 e. The second-order valence-electron chi connectivity index (χ2n) is 7.22. The summed E-state index contributed by atoms with van der Waals surface area (Å²) in [6.45, 7) is 3.30. The molecule has 2 aromatic rings. The third-order valence-corrected chi connectivity index (χ3v) is 5.12. The van der Waals surface area contributed by atoms with Crippen LogP contribution >= 0.6 is 0 Å². The van der Waals surface area contributed by atoms with Crippen LogP contribution in [0.1, 0.15) is 68.0 Å². The lowest BCUT2D eigenvalue weighted by Crippen LogP contribution is -2.39. The Kier molecular flexibility index (Phi) is 6.49. The Morgan fingerprint density at radius 1 is 1.25 bits per heavy atom. The van der Waals surface area contributed by atoms with Crippen molar-refractivity contribution in [2.24, 2.45) is 0 Å². The lowest BCUT2D eigenvalue weighted by atomic mass is 9.97. The van der Waals surface area contributed by atoms with E-state index in [0.717, 1.165) is 25.7 Å². The molecule has 0 saturated heterocycles. The molecule has 152 valence electrons. The molecule has 3 rings (SSSR count). The van der Waals surface area contributed by atoms with Gasteiger partial charge in [0.15, 0.2) is 0 Å². The molecular formula is C20H27N3O5. The minimum atomic E-state index is -0.630. The number of ether oxygens (including phenoxy) is 1. The first-order valence-electron chi connectivity index (χ1n) is 9.96. The van der Waals surface area contributed by atoms with Crippen molar-refractivity contribution >= 4 is 23.0 Å². The number of hydrogen-bond acceptors (Lipinski definition) is 6. The highest BCUT2D eigenvalue weighted by molar-refractivity contribution is 6.03. The summed E-state index contributed by atoms with van der Waals surface area (Å²) in [6.07, 6.45) is 9.07. The van der Waals surface area contributed by atoms with E-state index in [1.54, 1.807) is 13.8 Å². The standard InChI is InChI=1S/C20H27N3O5/c1-3-27-20(26)16-13(2)28-18-17(16)19(25)23(12-21-18)11-15(24)22-14-9-7-5-4-6-8-10-14/h12,14H,3-11H2,1-2H3,(H,22,24). The number of carbonyl (C=O) groups is 2. The van der Waals surface area contributed by atoms with Gasteiger partial charge in [0.2, 0.25) is 11.6 Å². The van der Waals surface area contributed by atoms with E-state index in [2.05, 4.69) is 10.3 Å². The number of rotatable bonds is 5. The molecule has 28 heavy (non-hydrogen) atoms. The monoisotopic (exact) mass is 389 g/mol. The van der Waals surface area contributed by atoms with E-state index < -0.39 is 11.5 Å². The van der Waals surface area contributed by atoms with Crippen LogP contribution in [-0.2, 0) is 16.1 Å². The smallest absolute Gasteiger partial charge is 0.342 e. The minimum Gasteiger partial charge on any atom is -0.462 e. The third-order valence-electron chi connectivity index (χ3n) is 5.12. The first kappa shape index (κ1) is 20.1. The molecule has 1 fully saturated rings. The molecule has 1 aliphatic carbocycles. The van der Waals surface area contributed by atoms with Gasteiger partial charge in [0.25, 0.3) is 5.56 Å². The number of esters is 1. The van der Waals surface area contributed by atoms with Crippen molar-refractivity contribution in [3.05, 3.63) is 28.0 Å². The molecule has 2 aromatic heterocycles. The van der Waals surface area contributed by atoms with E-state index in [-0.39, 0.29) is 47.5 Å². The van der Waals surface area contributed by atoms with Crippen LogP contribution in [0.3, 0.4) is 0 Å². The number of hydrogen-bond donors (Lipinski definition) is 1. The van der Waals surface area contributed by atoms with Crippen molar-refractivity contribution in [1.29, 1.82) is 0 Å². The van der Waals surface area contributed by atoms with Gasteiger partial charge < -0.3 is 14.5 Å². The second-order valence-corrected chi connectivity index (χ2v) is 7.22. The molecule has 0 unspecified atom stereocenters. The molecule has 1 N–H and O–H groups in total. The number of nitrogens with one attached hydrogen (secondary N) is 1. The zero-order valence-corrected chi connectivity index (χ0v) is 16.5. The zero-order valence-electron chi connectivity index (χ0n) is 16.5. The van der Waals surface area contributed by atoms with E-state index in [4.69, 9.17) is 9.15 Å². The van der Waals surface area contributed by atoms with E-state index in [1.165, 1.54) is 30.2 Å². The Balaban J connectivity index is 1.80. The van der Waals surface area contributed by atoms with Crippen LogP contribution in [0.15, 0.2) is 15.5 Å². The van der Waals surface area contributed by atoms with Crippen molar-refractivity contribution < 1.29 is 18.7 Å². The van der Waals surface area contributed by atoms with Crippen LogP contribution in [0.5, 0.6) is 0 Å². The maximum atomic E-state index is 12.9. The summed E-state index contributed by atoms with van der Waals surface area (Å²) >= 11 is 0. The summed E-state index contributed by atoms with van der Waals surface area (Å²) in [4.78, 5) is 41.7. The van der Waals surface area contributed by atoms with Crippen molar-refractivity contribution in [1.82, 2.24) is 14.9 Å². The first-order chi connectivity index (χ1) is 13.5. The molecule has 0 spiro atoms. The predicted octanol–water partition coefficient (Wildman–Crippen LogP) is 2.70. The van der Waals surface area contributed by atoms with E-state index in [1.807, 2.05) is 0 Å². The Morgan fingerprint density at radius 2 is 1.93 bits per heavy atom. The van der Waals surface area contributed by atoms with Gasteiger partial charge in [-0.1, -0.05) is 32.1 Å². The number of aromatic nitrogens is 2. The SMILES string of the molecule is CCOC(=O)c1c(C)oc2ncn(CC(=O)NC3CCCCCCC3)c(=O)c12. The summed E-state index contributed by atoms with van der Waals surface area (Å²) in [5.74, 6) is -0.587. The number of nitrogens with zero attached hydrogens (tertiary/aromatic N) is 2. The fourth-order valence-corrected chi connectivity index (χ4v) is 3.73. The van der Waals surface area contributed by atoms with Crippen LogP contribution < -0.4 is 10.9 Å². The highest BCUT2D eigenvalue weighted by Gasteiger charge is 2.24. The molecule has 0 atom stereocenters. The maximum Gasteiger partial charge on any atom is 0.342 e. The van der Waals surface area contributed by atoms with Crippen molar-refractivity contribution in [3.63, 3.8) is 0 Å². The Morgan fingerprint density at radius 3 is 2.61 bits per heavy atom. The van der Waals surface area contributed by atoms with Gasteiger partial charge in [-0.3, -0.25) is 14.2 Å². The Bertz CT molecular complexity index is 906. The van der Waals surface area contributed by atoms with Gasteiger partial charge in [0.1, 0.15) is 29.6 Å². The average Bonchev–Trinajstić information content (AvgIpc) is 2.97. The summed E-state index contributed by atoms with van der Waals surface area (Å²) in [7, 11) is 0. The number of carbonyl (C=O) groups excluding carboxylic acids is 2. The number of aryl methyl sites for hydroxylation is 1. The van der Waals surface area contributed by atoms with E-state index >= 15 is 0 Å². The summed E-state index contributed by atoms with van der Waals surface area (Å²) in [5.41, 5.74) is -0.343. The highest BCUT2D eigenvalue weighted by Crippen LogP contribution is 2.22. The van der Waals surface area contributed by atoms with Crippen LogP contribution in [-0.4, -0.2) is 34.1 Å². The van der Waals surface area contributed by atoms with Crippen LogP contribution in [0.2, 0.25) is 0 Å². The maximum absolute atomic E-state index is 12.9. The van der Waals surface area contributed by atoms with Crippen LogP contribution in [0, 0.1) is 6.92 Å². The van der Waals surface area contributed by atoms with E-state index in [0.29, 0.717) is 0 Å². The Hall–Kier alpha value is -2.64. The lowest BCUT2D eigenvalue weighted by Gasteiger charge is -2.21. The molecule has 0 aromatic carbocycles. The van der Waals surface area contributed by atoms with Crippen LogP contribution in [0.4, 0.5) is 0 Å². The highest BCUT2D eigenvalue weighted by atomic mass is 16.5. The minimum absolute atomic E-state index is 0.0530. The summed E-state index contributed by atoms with van der Waals surface area (Å²) in [5, 5.41) is 3.08. The van der Waals surface area contributed by atoms with Gasteiger partial charge in [-0.2, -0.15) is 0 Å². The normalized spacial score (nSPS) is 15.8. The number of amides is 1. The van der Waals surface area contributed by atoms with Gasteiger partial charge in [0.05, 0.1) is 6.61 Å². The number of furan rings is 1.